The number of rotatable bonds is 6. The van der Waals surface area contributed by atoms with E-state index >= 15 is 0 Å². The molecule has 0 saturated carbocycles. The normalized spacial score (nSPS) is 24.2. The van der Waals surface area contributed by atoms with Crippen molar-refractivity contribution < 1.29 is 4.79 Å². The Bertz CT molecular complexity index is 293. The zero-order valence-electron chi connectivity index (χ0n) is 13.8. The molecule has 0 aromatic heterocycles. The molecule has 0 radical (unpaired) electrons. The maximum atomic E-state index is 12.7. The molecule has 3 unspecified atom stereocenters. The molecule has 0 aliphatic carbocycles. The van der Waals surface area contributed by atoms with Crippen LogP contribution in [0.3, 0.4) is 0 Å². The van der Waals surface area contributed by atoms with Gasteiger partial charge in [-0.05, 0) is 46.2 Å². The first kappa shape index (κ1) is 17.4. The third-order valence-corrected chi connectivity index (χ3v) is 4.37. The second-order valence-corrected chi connectivity index (χ2v) is 6.52. The third kappa shape index (κ3) is 5.41. The number of carbonyl (C=O) groups excluding carboxylic acids is 1. The summed E-state index contributed by atoms with van der Waals surface area (Å²) in [5.41, 5.74) is 5.78. The lowest BCUT2D eigenvalue weighted by Gasteiger charge is -2.32. The first-order valence-electron chi connectivity index (χ1n) is 8.20. The minimum atomic E-state index is 0.131. The summed E-state index contributed by atoms with van der Waals surface area (Å²) in [6.45, 7) is 9.31. The SMILES string of the molecule is CCC1CN(C)CCCN1C(=O)C(C)CCCC(C)N. The predicted octanol–water partition coefficient (Wildman–Crippen LogP) is 2.08. The molecular formula is C16H33N3O. The number of carbonyl (C=O) groups is 1. The van der Waals surface area contributed by atoms with E-state index in [2.05, 4.69) is 30.7 Å². The highest BCUT2D eigenvalue weighted by Gasteiger charge is 2.28. The molecule has 1 fully saturated rings. The molecule has 4 nitrogen and oxygen atoms in total. The van der Waals surface area contributed by atoms with Crippen LogP contribution in [0.5, 0.6) is 0 Å². The van der Waals surface area contributed by atoms with Gasteiger partial charge in [0.25, 0.3) is 0 Å². The van der Waals surface area contributed by atoms with Crippen molar-refractivity contribution in [1.29, 1.82) is 0 Å². The van der Waals surface area contributed by atoms with Crippen molar-refractivity contribution >= 4 is 5.91 Å². The molecule has 1 saturated heterocycles. The second-order valence-electron chi connectivity index (χ2n) is 6.52. The molecule has 2 N–H and O–H groups in total. The number of likely N-dealkylation sites (N-methyl/N-ethyl adjacent to an activating group) is 1. The van der Waals surface area contributed by atoms with E-state index in [9.17, 15) is 4.79 Å². The smallest absolute Gasteiger partial charge is 0.225 e. The van der Waals surface area contributed by atoms with Crippen molar-refractivity contribution in [1.82, 2.24) is 9.80 Å². The molecule has 118 valence electrons. The van der Waals surface area contributed by atoms with Crippen molar-refractivity contribution in [2.75, 3.05) is 26.7 Å². The van der Waals surface area contributed by atoms with E-state index < -0.39 is 0 Å². The topological polar surface area (TPSA) is 49.6 Å². The van der Waals surface area contributed by atoms with Crippen LogP contribution in [0.1, 0.15) is 52.9 Å². The summed E-state index contributed by atoms with van der Waals surface area (Å²) in [5, 5.41) is 0. The van der Waals surface area contributed by atoms with Gasteiger partial charge in [-0.15, -0.1) is 0 Å². The minimum absolute atomic E-state index is 0.131. The first-order chi connectivity index (χ1) is 9.45. The van der Waals surface area contributed by atoms with Gasteiger partial charge >= 0.3 is 0 Å². The van der Waals surface area contributed by atoms with E-state index in [0.29, 0.717) is 11.9 Å². The minimum Gasteiger partial charge on any atom is -0.338 e. The van der Waals surface area contributed by atoms with Crippen LogP contribution in [-0.2, 0) is 4.79 Å². The van der Waals surface area contributed by atoms with E-state index in [1.165, 1.54) is 0 Å². The van der Waals surface area contributed by atoms with Crippen LogP contribution in [0.15, 0.2) is 0 Å². The van der Waals surface area contributed by atoms with E-state index in [0.717, 1.165) is 51.7 Å². The van der Waals surface area contributed by atoms with E-state index in [1.807, 2.05) is 6.92 Å². The quantitative estimate of drug-likeness (QED) is 0.812. The fourth-order valence-electron chi connectivity index (χ4n) is 3.04. The highest BCUT2D eigenvalue weighted by molar-refractivity contribution is 5.78. The molecule has 3 atom stereocenters. The maximum Gasteiger partial charge on any atom is 0.225 e. The summed E-state index contributed by atoms with van der Waals surface area (Å²) in [5.74, 6) is 0.475. The molecule has 4 heteroatoms. The standard InChI is InChI=1S/C16H33N3O/c1-5-15-12-18(4)10-7-11-19(15)16(20)13(2)8-6-9-14(3)17/h13-15H,5-12,17H2,1-4H3. The van der Waals surface area contributed by atoms with Gasteiger partial charge in [0, 0.05) is 31.1 Å². The number of hydrogen-bond donors (Lipinski definition) is 1. The fourth-order valence-corrected chi connectivity index (χ4v) is 3.04. The van der Waals surface area contributed by atoms with Gasteiger partial charge in [0.1, 0.15) is 0 Å². The summed E-state index contributed by atoms with van der Waals surface area (Å²) in [6, 6.07) is 0.624. The number of hydrogen-bond acceptors (Lipinski definition) is 3. The van der Waals surface area contributed by atoms with Crippen LogP contribution in [-0.4, -0.2) is 54.5 Å². The Morgan fingerprint density at radius 3 is 2.60 bits per heavy atom. The maximum absolute atomic E-state index is 12.7. The van der Waals surface area contributed by atoms with Crippen molar-refractivity contribution in [2.24, 2.45) is 11.7 Å². The average Bonchev–Trinajstić information content (AvgIpc) is 2.58. The molecule has 1 aliphatic heterocycles. The van der Waals surface area contributed by atoms with Gasteiger partial charge in [-0.3, -0.25) is 4.79 Å². The van der Waals surface area contributed by atoms with Crippen LogP contribution < -0.4 is 5.73 Å². The number of nitrogens with zero attached hydrogens (tertiary/aromatic N) is 2. The summed E-state index contributed by atoms with van der Waals surface area (Å²) in [7, 11) is 2.16. The van der Waals surface area contributed by atoms with Crippen molar-refractivity contribution in [3.63, 3.8) is 0 Å². The molecule has 1 aliphatic rings. The first-order valence-corrected chi connectivity index (χ1v) is 8.20. The molecule has 0 spiro atoms. The highest BCUT2D eigenvalue weighted by Crippen LogP contribution is 2.18. The average molecular weight is 283 g/mol. The van der Waals surface area contributed by atoms with Crippen molar-refractivity contribution in [3.05, 3.63) is 0 Å². The van der Waals surface area contributed by atoms with Crippen LogP contribution in [0.4, 0.5) is 0 Å². The molecule has 1 heterocycles. The van der Waals surface area contributed by atoms with Crippen LogP contribution >= 0.6 is 0 Å². The lowest BCUT2D eigenvalue weighted by atomic mass is 9.99. The van der Waals surface area contributed by atoms with Crippen LogP contribution in [0, 0.1) is 5.92 Å². The summed E-state index contributed by atoms with van der Waals surface area (Å²) >= 11 is 0. The van der Waals surface area contributed by atoms with E-state index in [-0.39, 0.29) is 12.0 Å². The summed E-state index contributed by atoms with van der Waals surface area (Å²) in [6.07, 6.45) is 5.16. The largest absolute Gasteiger partial charge is 0.338 e. The van der Waals surface area contributed by atoms with Crippen molar-refractivity contribution in [2.45, 2.75) is 65.0 Å². The van der Waals surface area contributed by atoms with Gasteiger partial charge in [-0.25, -0.2) is 0 Å². The van der Waals surface area contributed by atoms with Gasteiger partial charge in [0.05, 0.1) is 0 Å². The molecule has 0 bridgehead atoms. The lowest BCUT2D eigenvalue weighted by Crippen LogP contribution is -2.45. The van der Waals surface area contributed by atoms with Gasteiger partial charge < -0.3 is 15.5 Å². The number of nitrogens with two attached hydrogens (primary N) is 1. The van der Waals surface area contributed by atoms with Crippen LogP contribution in [0.25, 0.3) is 0 Å². The van der Waals surface area contributed by atoms with Crippen molar-refractivity contribution in [3.8, 4) is 0 Å². The third-order valence-electron chi connectivity index (χ3n) is 4.37. The Morgan fingerprint density at radius 2 is 2.00 bits per heavy atom. The zero-order chi connectivity index (χ0) is 15.1. The Hall–Kier alpha value is -0.610. The summed E-state index contributed by atoms with van der Waals surface area (Å²) in [4.78, 5) is 17.2. The predicted molar refractivity (Wildman–Crippen MR) is 84.6 cm³/mol. The summed E-state index contributed by atoms with van der Waals surface area (Å²) < 4.78 is 0. The highest BCUT2D eigenvalue weighted by atomic mass is 16.2. The Balaban J connectivity index is 2.54. The van der Waals surface area contributed by atoms with Gasteiger partial charge in [0.15, 0.2) is 0 Å². The van der Waals surface area contributed by atoms with Gasteiger partial charge in [0.2, 0.25) is 5.91 Å². The van der Waals surface area contributed by atoms with Gasteiger partial charge in [-0.1, -0.05) is 20.3 Å². The van der Waals surface area contributed by atoms with Crippen LogP contribution in [0.2, 0.25) is 0 Å². The lowest BCUT2D eigenvalue weighted by molar-refractivity contribution is -0.137. The Labute approximate surface area is 124 Å². The monoisotopic (exact) mass is 283 g/mol. The molecule has 20 heavy (non-hydrogen) atoms. The molecular weight excluding hydrogens is 250 g/mol. The zero-order valence-corrected chi connectivity index (χ0v) is 13.8. The second kappa shape index (κ2) is 8.63. The fraction of sp³-hybridized carbons (Fsp3) is 0.938. The Kier molecular flexibility index (Phi) is 7.52. The Morgan fingerprint density at radius 1 is 1.30 bits per heavy atom. The molecule has 1 rings (SSSR count). The molecule has 0 aromatic carbocycles. The molecule has 0 aromatic rings. The van der Waals surface area contributed by atoms with Gasteiger partial charge in [-0.2, -0.15) is 0 Å². The molecule has 1 amide bonds. The number of amides is 1. The van der Waals surface area contributed by atoms with E-state index in [4.69, 9.17) is 5.73 Å². The van der Waals surface area contributed by atoms with E-state index in [1.54, 1.807) is 0 Å².